The first-order chi connectivity index (χ1) is 9.65. The van der Waals surface area contributed by atoms with Crippen molar-refractivity contribution in [1.82, 2.24) is 10.2 Å². The van der Waals surface area contributed by atoms with Crippen LogP contribution >= 0.6 is 15.9 Å². The van der Waals surface area contributed by atoms with Gasteiger partial charge >= 0.3 is 0 Å². The number of rotatable bonds is 2. The molecule has 0 radical (unpaired) electrons. The molecule has 0 unspecified atom stereocenters. The number of nitrogens with zero attached hydrogens (tertiary/aromatic N) is 2. The molecule has 4 nitrogen and oxygen atoms in total. The van der Waals surface area contributed by atoms with Crippen LogP contribution in [0.3, 0.4) is 0 Å². The molecule has 1 aromatic heterocycles. The molecule has 1 heterocycles. The first-order valence-electron chi connectivity index (χ1n) is 7.04. The monoisotopic (exact) mass is 335 g/mol. The van der Waals surface area contributed by atoms with Crippen LogP contribution in [0.4, 0.5) is 5.69 Å². The number of anilines is 1. The van der Waals surface area contributed by atoms with Crippen LogP contribution < -0.4 is 5.73 Å². The summed E-state index contributed by atoms with van der Waals surface area (Å²) < 4.78 is 6.83. The van der Waals surface area contributed by atoms with Crippen LogP contribution in [0.2, 0.25) is 0 Å². The summed E-state index contributed by atoms with van der Waals surface area (Å²) in [6.45, 7) is 1.97. The molecule has 0 atom stereocenters. The van der Waals surface area contributed by atoms with E-state index in [4.69, 9.17) is 10.2 Å². The molecule has 1 fully saturated rings. The largest absolute Gasteiger partial charge is 0.420 e. The highest BCUT2D eigenvalue weighted by molar-refractivity contribution is 9.10. The molecule has 2 aromatic rings. The predicted octanol–water partition coefficient (Wildman–Crippen LogP) is 4.44. The minimum absolute atomic E-state index is 0.426. The molecule has 0 aliphatic heterocycles. The van der Waals surface area contributed by atoms with Crippen LogP contribution in [0.1, 0.15) is 49.5 Å². The van der Waals surface area contributed by atoms with Gasteiger partial charge in [0, 0.05) is 21.6 Å². The van der Waals surface area contributed by atoms with Gasteiger partial charge in [0.15, 0.2) is 0 Å². The van der Waals surface area contributed by atoms with E-state index in [-0.39, 0.29) is 0 Å². The second kappa shape index (κ2) is 5.56. The minimum Gasteiger partial charge on any atom is -0.420 e. The number of benzene rings is 1. The fourth-order valence-electron chi connectivity index (χ4n) is 2.78. The predicted molar refractivity (Wildman–Crippen MR) is 82.4 cm³/mol. The summed E-state index contributed by atoms with van der Waals surface area (Å²) in [4.78, 5) is 0. The lowest BCUT2D eigenvalue weighted by atomic mass is 9.89. The van der Waals surface area contributed by atoms with Gasteiger partial charge < -0.3 is 10.2 Å². The van der Waals surface area contributed by atoms with Crippen molar-refractivity contribution < 1.29 is 4.42 Å². The lowest BCUT2D eigenvalue weighted by molar-refractivity contribution is 0.367. The zero-order valence-electron chi connectivity index (χ0n) is 11.5. The Kier molecular flexibility index (Phi) is 3.78. The summed E-state index contributed by atoms with van der Waals surface area (Å²) in [6, 6.07) is 3.86. The van der Waals surface area contributed by atoms with Gasteiger partial charge in [0.25, 0.3) is 0 Å². The Balaban J connectivity index is 1.93. The quantitative estimate of drug-likeness (QED) is 0.824. The lowest BCUT2D eigenvalue weighted by Crippen LogP contribution is -2.04. The van der Waals surface area contributed by atoms with Crippen LogP contribution in [0.15, 0.2) is 21.0 Å². The number of hydrogen-bond acceptors (Lipinski definition) is 4. The van der Waals surface area contributed by atoms with Crippen molar-refractivity contribution in [3.05, 3.63) is 28.1 Å². The van der Waals surface area contributed by atoms with Gasteiger partial charge in [-0.05, 0) is 37.5 Å². The Bertz CT molecular complexity index is 618. The Hall–Kier alpha value is -1.36. The molecule has 5 heteroatoms. The molecule has 0 spiro atoms. The third-order valence-electron chi connectivity index (χ3n) is 4.04. The molecular weight excluding hydrogens is 318 g/mol. The van der Waals surface area contributed by atoms with E-state index in [0.717, 1.165) is 40.0 Å². The standard InChI is InChI=1S/C15H18BrN3O/c1-9-12(7-11(16)8-13(9)17)15-19-18-14(20-15)10-5-3-2-4-6-10/h7-8,10H,2-6,17H2,1H3. The van der Waals surface area contributed by atoms with Crippen LogP contribution in [0.25, 0.3) is 11.5 Å². The maximum atomic E-state index is 5.99. The summed E-state index contributed by atoms with van der Waals surface area (Å²) >= 11 is 3.46. The number of aromatic nitrogens is 2. The Morgan fingerprint density at radius 3 is 2.70 bits per heavy atom. The topological polar surface area (TPSA) is 64.9 Å². The van der Waals surface area contributed by atoms with Crippen LogP contribution in [-0.2, 0) is 0 Å². The highest BCUT2D eigenvalue weighted by Gasteiger charge is 2.22. The van der Waals surface area contributed by atoms with Crippen molar-refractivity contribution in [2.75, 3.05) is 5.73 Å². The third-order valence-corrected chi connectivity index (χ3v) is 4.50. The molecule has 0 amide bonds. The molecule has 106 valence electrons. The molecule has 1 aliphatic carbocycles. The zero-order chi connectivity index (χ0) is 14.1. The summed E-state index contributed by atoms with van der Waals surface area (Å²) in [5.74, 6) is 1.77. The lowest BCUT2D eigenvalue weighted by Gasteiger charge is -2.17. The second-order valence-corrected chi connectivity index (χ2v) is 6.36. The molecule has 2 N–H and O–H groups in total. The number of hydrogen-bond donors (Lipinski definition) is 1. The Morgan fingerprint density at radius 2 is 1.95 bits per heavy atom. The van der Waals surface area contributed by atoms with Crippen molar-refractivity contribution >= 4 is 21.6 Å². The van der Waals surface area contributed by atoms with Gasteiger partial charge in [-0.25, -0.2) is 0 Å². The first-order valence-corrected chi connectivity index (χ1v) is 7.84. The maximum Gasteiger partial charge on any atom is 0.248 e. The summed E-state index contributed by atoms with van der Waals surface area (Å²) in [5.41, 5.74) is 8.60. The van der Waals surface area contributed by atoms with Crippen LogP contribution in [0.5, 0.6) is 0 Å². The van der Waals surface area contributed by atoms with Gasteiger partial charge in [-0.2, -0.15) is 0 Å². The summed E-state index contributed by atoms with van der Waals surface area (Å²) in [6.07, 6.45) is 6.14. The van der Waals surface area contributed by atoms with Gasteiger partial charge in [-0.15, -0.1) is 10.2 Å². The third kappa shape index (κ3) is 2.59. The van der Waals surface area contributed by atoms with Crippen molar-refractivity contribution in [1.29, 1.82) is 0 Å². The smallest absolute Gasteiger partial charge is 0.248 e. The fourth-order valence-corrected chi connectivity index (χ4v) is 3.26. The molecule has 20 heavy (non-hydrogen) atoms. The van der Waals surface area contributed by atoms with Gasteiger partial charge in [-0.1, -0.05) is 35.2 Å². The van der Waals surface area contributed by atoms with E-state index in [0.29, 0.717) is 11.8 Å². The summed E-state index contributed by atoms with van der Waals surface area (Å²) in [7, 11) is 0. The van der Waals surface area contributed by atoms with Gasteiger partial charge in [-0.3, -0.25) is 0 Å². The fraction of sp³-hybridized carbons (Fsp3) is 0.467. The van der Waals surface area contributed by atoms with Gasteiger partial charge in [0.05, 0.1) is 0 Å². The van der Waals surface area contributed by atoms with E-state index in [2.05, 4.69) is 26.1 Å². The van der Waals surface area contributed by atoms with E-state index in [1.165, 1.54) is 19.3 Å². The van der Waals surface area contributed by atoms with Crippen molar-refractivity contribution in [2.24, 2.45) is 0 Å². The van der Waals surface area contributed by atoms with E-state index in [1.807, 2.05) is 19.1 Å². The van der Waals surface area contributed by atoms with Gasteiger partial charge in [0.1, 0.15) is 0 Å². The van der Waals surface area contributed by atoms with Crippen molar-refractivity contribution in [3.63, 3.8) is 0 Å². The molecule has 1 aliphatic rings. The SMILES string of the molecule is Cc1c(N)cc(Br)cc1-c1nnc(C2CCCCC2)o1. The maximum absolute atomic E-state index is 5.99. The van der Waals surface area contributed by atoms with Crippen LogP contribution in [0, 0.1) is 6.92 Å². The highest BCUT2D eigenvalue weighted by Crippen LogP contribution is 2.35. The zero-order valence-corrected chi connectivity index (χ0v) is 13.1. The van der Waals surface area contributed by atoms with E-state index >= 15 is 0 Å². The minimum atomic E-state index is 0.426. The molecule has 0 saturated heterocycles. The van der Waals surface area contributed by atoms with E-state index in [9.17, 15) is 0 Å². The number of nitrogen functional groups attached to an aromatic ring is 1. The normalized spacial score (nSPS) is 16.5. The van der Waals surface area contributed by atoms with Crippen LogP contribution in [-0.4, -0.2) is 10.2 Å². The summed E-state index contributed by atoms with van der Waals surface area (Å²) in [5, 5.41) is 8.46. The van der Waals surface area contributed by atoms with E-state index in [1.54, 1.807) is 0 Å². The number of halogens is 1. The molecule has 1 aromatic carbocycles. The average molecular weight is 336 g/mol. The Labute approximate surface area is 126 Å². The first kappa shape index (κ1) is 13.6. The molecule has 3 rings (SSSR count). The van der Waals surface area contributed by atoms with Gasteiger partial charge in [0.2, 0.25) is 11.8 Å². The molecule has 0 bridgehead atoms. The second-order valence-electron chi connectivity index (χ2n) is 5.45. The van der Waals surface area contributed by atoms with Crippen molar-refractivity contribution in [2.45, 2.75) is 44.9 Å². The van der Waals surface area contributed by atoms with E-state index < -0.39 is 0 Å². The molecule has 1 saturated carbocycles. The number of nitrogens with two attached hydrogens (primary N) is 1. The highest BCUT2D eigenvalue weighted by atomic mass is 79.9. The molecular formula is C15H18BrN3O. The average Bonchev–Trinajstić information content (AvgIpc) is 2.93. The van der Waals surface area contributed by atoms with Crippen molar-refractivity contribution in [3.8, 4) is 11.5 Å². The Morgan fingerprint density at radius 1 is 1.20 bits per heavy atom.